The number of rotatable bonds is 3. The summed E-state index contributed by atoms with van der Waals surface area (Å²) in [7, 11) is 1.30. The molecule has 0 aliphatic carbocycles. The van der Waals surface area contributed by atoms with E-state index in [1.807, 2.05) is 0 Å². The van der Waals surface area contributed by atoms with Crippen LogP contribution in [0.5, 0.6) is 0 Å². The molecule has 0 amide bonds. The number of aliphatic hydroxyl groups excluding tert-OH is 1. The Morgan fingerprint density at radius 3 is 3.00 bits per heavy atom. The van der Waals surface area contributed by atoms with Crippen LogP contribution in [-0.4, -0.2) is 18.2 Å². The monoisotopic (exact) mass is 264 g/mol. The first kappa shape index (κ1) is 10.7. The lowest BCUT2D eigenvalue weighted by Gasteiger charge is -2.05. The van der Waals surface area contributed by atoms with Crippen LogP contribution in [0, 0.1) is 0 Å². The summed E-state index contributed by atoms with van der Waals surface area (Å²) in [6.07, 6.45) is -0.769. The number of carbonyl (C=O) groups excluding carboxylic acids is 1. The lowest BCUT2D eigenvalue weighted by Crippen LogP contribution is -2.07. The Balaban J connectivity index is 2.58. The number of esters is 1. The highest BCUT2D eigenvalue weighted by atomic mass is 79.9. The van der Waals surface area contributed by atoms with Crippen molar-refractivity contribution in [2.75, 3.05) is 7.11 Å². The van der Waals surface area contributed by atoms with E-state index in [4.69, 9.17) is 0 Å². The highest BCUT2D eigenvalue weighted by Gasteiger charge is 2.14. The highest BCUT2D eigenvalue weighted by molar-refractivity contribution is 9.11. The van der Waals surface area contributed by atoms with Gasteiger partial charge in [0.1, 0.15) is 0 Å². The van der Waals surface area contributed by atoms with E-state index in [-0.39, 0.29) is 6.42 Å². The fraction of sp³-hybridized carbons (Fsp3) is 0.375. The summed E-state index contributed by atoms with van der Waals surface area (Å²) in [6, 6.07) is 1.79. The van der Waals surface area contributed by atoms with Gasteiger partial charge in [0.05, 0.1) is 23.4 Å². The fourth-order valence-corrected chi connectivity index (χ4v) is 2.08. The van der Waals surface area contributed by atoms with Gasteiger partial charge in [-0.2, -0.15) is 0 Å². The molecule has 1 atom stereocenters. The summed E-state index contributed by atoms with van der Waals surface area (Å²) < 4.78 is 5.38. The van der Waals surface area contributed by atoms with Crippen molar-refractivity contribution in [3.63, 3.8) is 0 Å². The van der Waals surface area contributed by atoms with Gasteiger partial charge in [-0.25, -0.2) is 0 Å². The molecule has 0 saturated heterocycles. The molecule has 72 valence electrons. The van der Waals surface area contributed by atoms with Crippen LogP contribution in [0.1, 0.15) is 18.1 Å². The van der Waals surface area contributed by atoms with Crippen molar-refractivity contribution in [3.8, 4) is 0 Å². The zero-order chi connectivity index (χ0) is 9.84. The number of carbonyl (C=O) groups is 1. The molecule has 0 radical (unpaired) electrons. The largest absolute Gasteiger partial charge is 0.469 e. The van der Waals surface area contributed by atoms with Gasteiger partial charge in [0.25, 0.3) is 0 Å². The Bertz CT molecular complexity index is 297. The molecular weight excluding hydrogens is 256 g/mol. The molecule has 0 spiro atoms. The third kappa shape index (κ3) is 3.10. The van der Waals surface area contributed by atoms with Gasteiger partial charge in [0, 0.05) is 0 Å². The average Bonchev–Trinajstić information content (AvgIpc) is 2.51. The summed E-state index contributed by atoms with van der Waals surface area (Å²) >= 11 is 4.75. The minimum absolute atomic E-state index is 0.000324. The molecule has 0 saturated carbocycles. The zero-order valence-corrected chi connectivity index (χ0v) is 9.39. The third-order valence-electron chi connectivity index (χ3n) is 1.56. The Morgan fingerprint density at radius 2 is 2.54 bits per heavy atom. The summed E-state index contributed by atoms with van der Waals surface area (Å²) in [5.41, 5.74) is 0.738. The predicted molar refractivity (Wildman–Crippen MR) is 53.6 cm³/mol. The van der Waals surface area contributed by atoms with Crippen LogP contribution in [0.25, 0.3) is 0 Å². The topological polar surface area (TPSA) is 46.5 Å². The van der Waals surface area contributed by atoms with E-state index in [2.05, 4.69) is 20.7 Å². The molecule has 1 aromatic heterocycles. The molecule has 3 nitrogen and oxygen atoms in total. The van der Waals surface area contributed by atoms with Crippen LogP contribution in [-0.2, 0) is 9.53 Å². The highest BCUT2D eigenvalue weighted by Crippen LogP contribution is 2.26. The van der Waals surface area contributed by atoms with Crippen molar-refractivity contribution in [3.05, 3.63) is 20.8 Å². The second kappa shape index (κ2) is 4.74. The van der Waals surface area contributed by atoms with E-state index < -0.39 is 12.1 Å². The van der Waals surface area contributed by atoms with Gasteiger partial charge < -0.3 is 9.84 Å². The van der Waals surface area contributed by atoms with Crippen molar-refractivity contribution in [1.82, 2.24) is 0 Å². The average molecular weight is 265 g/mol. The van der Waals surface area contributed by atoms with Gasteiger partial charge in [0.2, 0.25) is 0 Å². The summed E-state index contributed by atoms with van der Waals surface area (Å²) in [6.45, 7) is 0. The quantitative estimate of drug-likeness (QED) is 0.851. The number of thiophene rings is 1. The Kier molecular flexibility index (Phi) is 3.90. The smallest absolute Gasteiger partial charge is 0.308 e. The number of ether oxygens (including phenoxy) is 1. The van der Waals surface area contributed by atoms with Gasteiger partial charge >= 0.3 is 5.97 Å². The maximum absolute atomic E-state index is 10.8. The van der Waals surface area contributed by atoms with E-state index in [1.165, 1.54) is 18.4 Å². The van der Waals surface area contributed by atoms with Crippen molar-refractivity contribution in [2.24, 2.45) is 0 Å². The number of aliphatic hydroxyl groups is 1. The second-order valence-electron chi connectivity index (χ2n) is 2.48. The van der Waals surface area contributed by atoms with E-state index in [1.54, 1.807) is 11.4 Å². The summed E-state index contributed by atoms with van der Waals surface area (Å²) in [5.74, 6) is -0.408. The SMILES string of the molecule is COC(=O)C[C@@H](O)c1csc(Br)c1. The molecule has 13 heavy (non-hydrogen) atoms. The molecule has 1 aromatic rings. The van der Waals surface area contributed by atoms with Crippen molar-refractivity contribution in [1.29, 1.82) is 0 Å². The normalized spacial score (nSPS) is 12.5. The fourth-order valence-electron chi connectivity index (χ4n) is 0.857. The lowest BCUT2D eigenvalue weighted by atomic mass is 10.1. The van der Waals surface area contributed by atoms with Crippen LogP contribution < -0.4 is 0 Å². The minimum Gasteiger partial charge on any atom is -0.469 e. The number of hydrogen-bond acceptors (Lipinski definition) is 4. The molecule has 1 heterocycles. The maximum atomic E-state index is 10.8. The molecule has 0 unspecified atom stereocenters. The van der Waals surface area contributed by atoms with Crippen LogP contribution >= 0.6 is 27.3 Å². The van der Waals surface area contributed by atoms with Crippen LogP contribution in [0.2, 0.25) is 0 Å². The minimum atomic E-state index is -0.769. The van der Waals surface area contributed by atoms with Gasteiger partial charge in [-0.15, -0.1) is 11.3 Å². The van der Waals surface area contributed by atoms with Crippen LogP contribution in [0.15, 0.2) is 15.2 Å². The van der Waals surface area contributed by atoms with Crippen LogP contribution in [0.4, 0.5) is 0 Å². The molecular formula is C8H9BrO3S. The Morgan fingerprint density at radius 1 is 1.85 bits per heavy atom. The standard InChI is InChI=1S/C8H9BrO3S/c1-12-8(11)3-6(10)5-2-7(9)13-4-5/h2,4,6,10H,3H2,1H3/t6-/m1/s1. The zero-order valence-electron chi connectivity index (χ0n) is 6.99. The second-order valence-corrected chi connectivity index (χ2v) is 4.77. The first-order chi connectivity index (χ1) is 6.13. The Hall–Kier alpha value is -0.390. The predicted octanol–water partition coefficient (Wildman–Crippen LogP) is 2.11. The third-order valence-corrected chi connectivity index (χ3v) is 3.08. The van der Waals surface area contributed by atoms with Crippen molar-refractivity contribution >= 4 is 33.2 Å². The number of hydrogen-bond donors (Lipinski definition) is 1. The van der Waals surface area contributed by atoms with E-state index in [9.17, 15) is 9.90 Å². The maximum Gasteiger partial charge on any atom is 0.308 e. The van der Waals surface area contributed by atoms with Gasteiger partial charge in [-0.05, 0) is 32.9 Å². The first-order valence-corrected chi connectivity index (χ1v) is 5.29. The van der Waals surface area contributed by atoms with E-state index in [0.717, 1.165) is 9.35 Å². The molecule has 0 aliphatic rings. The molecule has 1 rings (SSSR count). The summed E-state index contributed by atoms with van der Waals surface area (Å²) in [5, 5.41) is 11.3. The Labute approximate surface area is 88.5 Å². The first-order valence-electron chi connectivity index (χ1n) is 3.62. The van der Waals surface area contributed by atoms with Gasteiger partial charge in [-0.1, -0.05) is 0 Å². The van der Waals surface area contributed by atoms with E-state index in [0.29, 0.717) is 0 Å². The molecule has 0 bridgehead atoms. The number of methoxy groups -OCH3 is 1. The number of halogens is 1. The lowest BCUT2D eigenvalue weighted by molar-refractivity contribution is -0.142. The van der Waals surface area contributed by atoms with Crippen LogP contribution in [0.3, 0.4) is 0 Å². The summed E-state index contributed by atoms with van der Waals surface area (Å²) in [4.78, 5) is 10.8. The molecule has 0 aromatic carbocycles. The molecule has 0 fully saturated rings. The van der Waals surface area contributed by atoms with Crippen molar-refractivity contribution < 1.29 is 14.6 Å². The van der Waals surface area contributed by atoms with Gasteiger partial charge in [-0.3, -0.25) is 4.79 Å². The molecule has 0 aliphatic heterocycles. The van der Waals surface area contributed by atoms with Crippen molar-refractivity contribution in [2.45, 2.75) is 12.5 Å². The van der Waals surface area contributed by atoms with Gasteiger partial charge in [0.15, 0.2) is 0 Å². The molecule has 5 heteroatoms. The molecule has 1 N–H and O–H groups in total. The van der Waals surface area contributed by atoms with E-state index >= 15 is 0 Å².